The highest BCUT2D eigenvalue weighted by Gasteiger charge is 2.42. The molecule has 3 atom stereocenters. The normalized spacial score (nSPS) is 32.6. The van der Waals surface area contributed by atoms with Crippen molar-refractivity contribution in [2.45, 2.75) is 64.1 Å². The molecule has 1 aromatic rings. The van der Waals surface area contributed by atoms with Gasteiger partial charge in [-0.15, -0.1) is 0 Å². The molecule has 1 N–H and O–H groups in total. The largest absolute Gasteiger partial charge is 0.487 e. The van der Waals surface area contributed by atoms with E-state index >= 15 is 0 Å². The molecule has 0 radical (unpaired) electrons. The molecule has 0 amide bonds. The molecule has 0 aromatic heterocycles. The fourth-order valence-electron chi connectivity index (χ4n) is 3.99. The highest BCUT2D eigenvalue weighted by Crippen LogP contribution is 2.47. The zero-order chi connectivity index (χ0) is 15.0. The molecule has 2 unspecified atom stereocenters. The lowest BCUT2D eigenvalue weighted by molar-refractivity contribution is -0.0256. The highest BCUT2D eigenvalue weighted by atomic mass is 19.1. The van der Waals surface area contributed by atoms with Crippen molar-refractivity contribution in [2.24, 2.45) is 11.8 Å². The maximum absolute atomic E-state index is 13.5. The Kier molecular flexibility index (Phi) is 3.96. The third-order valence-electron chi connectivity index (χ3n) is 5.35. The molecule has 1 aromatic carbocycles. The van der Waals surface area contributed by atoms with Gasteiger partial charge in [0.15, 0.2) is 0 Å². The van der Waals surface area contributed by atoms with Crippen LogP contribution in [0, 0.1) is 17.7 Å². The molecule has 2 aliphatic rings. The molecule has 1 spiro atoms. The van der Waals surface area contributed by atoms with Gasteiger partial charge >= 0.3 is 0 Å². The van der Waals surface area contributed by atoms with Crippen LogP contribution < -0.4 is 4.74 Å². The van der Waals surface area contributed by atoms with Crippen LogP contribution in [-0.2, 0) is 0 Å². The van der Waals surface area contributed by atoms with Gasteiger partial charge < -0.3 is 9.84 Å². The molecule has 116 valence electrons. The molecule has 1 aliphatic carbocycles. The van der Waals surface area contributed by atoms with Crippen molar-refractivity contribution in [1.82, 2.24) is 0 Å². The molecule has 1 heterocycles. The summed E-state index contributed by atoms with van der Waals surface area (Å²) in [5.41, 5.74) is 0.427. The molecule has 0 bridgehead atoms. The quantitative estimate of drug-likeness (QED) is 0.818. The second-order valence-electron chi connectivity index (χ2n) is 7.12. The molecular weight excluding hydrogens is 267 g/mol. The lowest BCUT2D eigenvalue weighted by Crippen LogP contribution is -2.40. The zero-order valence-electron chi connectivity index (χ0n) is 12.9. The van der Waals surface area contributed by atoms with Crippen molar-refractivity contribution in [1.29, 1.82) is 0 Å². The summed E-state index contributed by atoms with van der Waals surface area (Å²) in [6.07, 6.45) is 5.51. The van der Waals surface area contributed by atoms with E-state index in [0.29, 0.717) is 18.1 Å². The molecule has 21 heavy (non-hydrogen) atoms. The minimum absolute atomic E-state index is 0.299. The second kappa shape index (κ2) is 5.60. The van der Waals surface area contributed by atoms with Gasteiger partial charge in [0.05, 0.1) is 6.10 Å². The van der Waals surface area contributed by atoms with Crippen molar-refractivity contribution in [3.05, 3.63) is 29.6 Å². The maximum Gasteiger partial charge on any atom is 0.128 e. The molecule has 1 fully saturated rings. The summed E-state index contributed by atoms with van der Waals surface area (Å²) in [7, 11) is 0. The molecule has 0 saturated heterocycles. The number of ether oxygens (including phenoxy) is 1. The molecular formula is C18H25FO2. The Bertz CT molecular complexity index is 514. The number of rotatable bonds is 1. The zero-order valence-corrected chi connectivity index (χ0v) is 12.9. The number of benzene rings is 1. The lowest BCUT2D eigenvalue weighted by atomic mass is 9.82. The van der Waals surface area contributed by atoms with Crippen molar-refractivity contribution < 1.29 is 14.2 Å². The van der Waals surface area contributed by atoms with Gasteiger partial charge in [0.1, 0.15) is 17.2 Å². The minimum atomic E-state index is -0.537. The van der Waals surface area contributed by atoms with Crippen molar-refractivity contribution in [3.63, 3.8) is 0 Å². The first-order chi connectivity index (χ1) is 9.99. The molecule has 1 saturated carbocycles. The van der Waals surface area contributed by atoms with Crippen molar-refractivity contribution >= 4 is 0 Å². The first-order valence-corrected chi connectivity index (χ1v) is 8.16. The third kappa shape index (κ3) is 2.94. The van der Waals surface area contributed by atoms with Crippen LogP contribution in [0.15, 0.2) is 18.2 Å². The van der Waals surface area contributed by atoms with E-state index in [2.05, 4.69) is 13.8 Å². The number of fused-ring (bicyclic) bond motifs is 1. The van der Waals surface area contributed by atoms with Crippen LogP contribution in [0.2, 0.25) is 0 Å². The van der Waals surface area contributed by atoms with Gasteiger partial charge in [-0.3, -0.25) is 0 Å². The number of hydrogen-bond donors (Lipinski definition) is 1. The Balaban J connectivity index is 1.83. The van der Waals surface area contributed by atoms with Gasteiger partial charge in [0.2, 0.25) is 0 Å². The van der Waals surface area contributed by atoms with Crippen LogP contribution in [0.4, 0.5) is 4.39 Å². The van der Waals surface area contributed by atoms with E-state index in [1.165, 1.54) is 18.6 Å². The van der Waals surface area contributed by atoms with Crippen molar-refractivity contribution in [3.8, 4) is 5.75 Å². The number of aliphatic hydroxyl groups excluding tert-OH is 1. The van der Waals surface area contributed by atoms with Crippen LogP contribution in [0.1, 0.15) is 64.0 Å². The maximum atomic E-state index is 13.5. The van der Waals surface area contributed by atoms with E-state index in [1.807, 2.05) is 0 Å². The van der Waals surface area contributed by atoms with Crippen LogP contribution in [0.5, 0.6) is 5.75 Å². The Morgan fingerprint density at radius 2 is 2.10 bits per heavy atom. The average molecular weight is 292 g/mol. The summed E-state index contributed by atoms with van der Waals surface area (Å²) in [5.74, 6) is 1.67. The fraction of sp³-hybridized carbons (Fsp3) is 0.667. The van der Waals surface area contributed by atoms with Gasteiger partial charge in [0, 0.05) is 18.1 Å². The van der Waals surface area contributed by atoms with E-state index in [4.69, 9.17) is 4.74 Å². The Morgan fingerprint density at radius 1 is 1.29 bits per heavy atom. The first kappa shape index (κ1) is 14.8. The van der Waals surface area contributed by atoms with Gasteiger partial charge in [0.25, 0.3) is 0 Å². The number of halogens is 1. The number of aliphatic hydroxyl groups is 1. The van der Waals surface area contributed by atoms with E-state index in [0.717, 1.165) is 37.2 Å². The van der Waals surface area contributed by atoms with Crippen LogP contribution >= 0.6 is 0 Å². The molecule has 3 heteroatoms. The topological polar surface area (TPSA) is 29.5 Å². The van der Waals surface area contributed by atoms with E-state index in [-0.39, 0.29) is 11.4 Å². The lowest BCUT2D eigenvalue weighted by Gasteiger charge is -2.40. The van der Waals surface area contributed by atoms with Gasteiger partial charge in [-0.2, -0.15) is 0 Å². The van der Waals surface area contributed by atoms with Crippen LogP contribution in [-0.4, -0.2) is 10.7 Å². The number of hydrogen-bond acceptors (Lipinski definition) is 2. The summed E-state index contributed by atoms with van der Waals surface area (Å²) in [6.45, 7) is 4.56. The van der Waals surface area contributed by atoms with E-state index in [1.54, 1.807) is 6.07 Å². The Morgan fingerprint density at radius 3 is 2.86 bits per heavy atom. The average Bonchev–Trinajstić information content (AvgIpc) is 2.61. The second-order valence-corrected chi connectivity index (χ2v) is 7.12. The summed E-state index contributed by atoms with van der Waals surface area (Å²) in [6, 6.07) is 4.46. The fourth-order valence-corrected chi connectivity index (χ4v) is 3.99. The SMILES string of the molecule is CC(C)C1CCCC2(CC1)C[C@H](O)c1ccc(F)cc1O2. The minimum Gasteiger partial charge on any atom is -0.487 e. The molecule has 2 nitrogen and oxygen atoms in total. The van der Waals surface area contributed by atoms with Crippen molar-refractivity contribution in [2.75, 3.05) is 0 Å². The van der Waals surface area contributed by atoms with E-state index < -0.39 is 6.10 Å². The summed E-state index contributed by atoms with van der Waals surface area (Å²) in [4.78, 5) is 0. The summed E-state index contributed by atoms with van der Waals surface area (Å²) < 4.78 is 19.7. The summed E-state index contributed by atoms with van der Waals surface area (Å²) in [5, 5.41) is 10.4. The molecule has 3 rings (SSSR count). The standard InChI is InChI=1S/C18H25FO2/c1-12(2)13-4-3-8-18(9-7-13)11-16(20)15-6-5-14(19)10-17(15)21-18/h5-6,10,12-13,16,20H,3-4,7-9,11H2,1-2H3/t13?,16-,18?/m0/s1. The predicted molar refractivity (Wildman–Crippen MR) is 80.7 cm³/mol. The summed E-state index contributed by atoms with van der Waals surface area (Å²) >= 11 is 0. The van der Waals surface area contributed by atoms with Gasteiger partial charge in [-0.25, -0.2) is 4.39 Å². The highest BCUT2D eigenvalue weighted by molar-refractivity contribution is 5.38. The Labute approximate surface area is 126 Å². The smallest absolute Gasteiger partial charge is 0.128 e. The van der Waals surface area contributed by atoms with Gasteiger partial charge in [-0.1, -0.05) is 20.3 Å². The first-order valence-electron chi connectivity index (χ1n) is 8.16. The van der Waals surface area contributed by atoms with E-state index in [9.17, 15) is 9.50 Å². The molecule has 1 aliphatic heterocycles. The Hall–Kier alpha value is -1.09. The van der Waals surface area contributed by atoms with Crippen LogP contribution in [0.3, 0.4) is 0 Å². The van der Waals surface area contributed by atoms with Crippen LogP contribution in [0.25, 0.3) is 0 Å². The monoisotopic (exact) mass is 292 g/mol. The predicted octanol–water partition coefficient (Wildman–Crippen LogP) is 4.62. The third-order valence-corrected chi connectivity index (χ3v) is 5.35. The van der Waals surface area contributed by atoms with Gasteiger partial charge in [-0.05, 0) is 49.7 Å².